The SMILES string of the molecule is CCC(OC)c1ccccc1N1CCN(Cc2ccccc2)CC1. The number of hydrogen-bond donors (Lipinski definition) is 0. The average molecular weight is 324 g/mol. The minimum atomic E-state index is 0.184. The molecule has 1 saturated heterocycles. The van der Waals surface area contributed by atoms with Crippen LogP contribution in [0.1, 0.15) is 30.6 Å². The molecule has 24 heavy (non-hydrogen) atoms. The average Bonchev–Trinajstić information content (AvgIpc) is 2.65. The van der Waals surface area contributed by atoms with Gasteiger partial charge in [-0.25, -0.2) is 0 Å². The molecule has 0 aliphatic carbocycles. The van der Waals surface area contributed by atoms with Gasteiger partial charge in [0.1, 0.15) is 0 Å². The number of benzene rings is 2. The Kier molecular flexibility index (Phi) is 5.89. The van der Waals surface area contributed by atoms with Crippen LogP contribution < -0.4 is 4.90 Å². The first-order valence-electron chi connectivity index (χ1n) is 8.94. The van der Waals surface area contributed by atoms with E-state index >= 15 is 0 Å². The van der Waals surface area contributed by atoms with Gasteiger partial charge in [-0.2, -0.15) is 0 Å². The van der Waals surface area contributed by atoms with Crippen molar-refractivity contribution >= 4 is 5.69 Å². The van der Waals surface area contributed by atoms with E-state index in [0.717, 1.165) is 39.1 Å². The Morgan fingerprint density at radius 2 is 1.58 bits per heavy atom. The number of rotatable bonds is 6. The third-order valence-corrected chi connectivity index (χ3v) is 4.90. The van der Waals surface area contributed by atoms with E-state index in [1.807, 2.05) is 7.11 Å². The summed E-state index contributed by atoms with van der Waals surface area (Å²) in [6.45, 7) is 7.59. The lowest BCUT2D eigenvalue weighted by Crippen LogP contribution is -2.46. The fraction of sp³-hybridized carbons (Fsp3) is 0.429. The predicted molar refractivity (Wildman–Crippen MR) is 100 cm³/mol. The van der Waals surface area contributed by atoms with E-state index < -0.39 is 0 Å². The summed E-state index contributed by atoms with van der Waals surface area (Å²) in [5, 5.41) is 0. The van der Waals surface area contributed by atoms with Crippen LogP contribution in [-0.2, 0) is 11.3 Å². The first kappa shape index (κ1) is 17.0. The highest BCUT2D eigenvalue weighted by atomic mass is 16.5. The van der Waals surface area contributed by atoms with E-state index in [-0.39, 0.29) is 6.10 Å². The van der Waals surface area contributed by atoms with Gasteiger partial charge in [0.25, 0.3) is 0 Å². The summed E-state index contributed by atoms with van der Waals surface area (Å²) >= 11 is 0. The van der Waals surface area contributed by atoms with Gasteiger partial charge in [0.05, 0.1) is 6.10 Å². The molecule has 1 atom stereocenters. The molecule has 1 heterocycles. The third kappa shape index (κ3) is 3.97. The first-order valence-corrected chi connectivity index (χ1v) is 8.94. The topological polar surface area (TPSA) is 15.7 Å². The second kappa shape index (κ2) is 8.32. The molecule has 3 heteroatoms. The van der Waals surface area contributed by atoms with Gasteiger partial charge in [-0.3, -0.25) is 4.90 Å². The van der Waals surface area contributed by atoms with Crippen molar-refractivity contribution in [3.63, 3.8) is 0 Å². The predicted octanol–water partition coefficient (Wildman–Crippen LogP) is 4.11. The molecule has 0 N–H and O–H groups in total. The van der Waals surface area contributed by atoms with Gasteiger partial charge in [0.15, 0.2) is 0 Å². The molecule has 0 bridgehead atoms. The monoisotopic (exact) mass is 324 g/mol. The van der Waals surface area contributed by atoms with Crippen molar-refractivity contribution in [2.24, 2.45) is 0 Å². The van der Waals surface area contributed by atoms with Crippen molar-refractivity contribution in [2.45, 2.75) is 26.0 Å². The molecule has 1 aliphatic heterocycles. The van der Waals surface area contributed by atoms with Crippen molar-refractivity contribution in [2.75, 3.05) is 38.2 Å². The molecule has 2 aromatic rings. The van der Waals surface area contributed by atoms with Crippen LogP contribution in [0, 0.1) is 0 Å². The molecule has 0 saturated carbocycles. The van der Waals surface area contributed by atoms with Gasteiger partial charge >= 0.3 is 0 Å². The highest BCUT2D eigenvalue weighted by Gasteiger charge is 2.21. The molecule has 128 valence electrons. The van der Waals surface area contributed by atoms with E-state index in [4.69, 9.17) is 4.74 Å². The van der Waals surface area contributed by atoms with Crippen molar-refractivity contribution in [1.82, 2.24) is 4.90 Å². The Morgan fingerprint density at radius 3 is 2.25 bits per heavy atom. The Morgan fingerprint density at radius 1 is 0.917 bits per heavy atom. The van der Waals surface area contributed by atoms with Gasteiger partial charge < -0.3 is 9.64 Å². The van der Waals surface area contributed by atoms with Crippen LogP contribution in [0.5, 0.6) is 0 Å². The second-order valence-electron chi connectivity index (χ2n) is 6.44. The molecule has 2 aromatic carbocycles. The van der Waals surface area contributed by atoms with Crippen LogP contribution in [0.15, 0.2) is 54.6 Å². The normalized spacial score (nSPS) is 17.0. The zero-order valence-electron chi connectivity index (χ0n) is 14.8. The van der Waals surface area contributed by atoms with E-state index in [0.29, 0.717) is 0 Å². The van der Waals surface area contributed by atoms with Crippen molar-refractivity contribution in [3.05, 3.63) is 65.7 Å². The zero-order chi connectivity index (χ0) is 16.8. The maximum absolute atomic E-state index is 5.68. The smallest absolute Gasteiger partial charge is 0.0838 e. The summed E-state index contributed by atoms with van der Waals surface area (Å²) < 4.78 is 5.68. The molecular formula is C21H28N2O. The number of anilines is 1. The summed E-state index contributed by atoms with van der Waals surface area (Å²) in [7, 11) is 1.81. The number of piperazine rings is 1. The van der Waals surface area contributed by atoms with Crippen LogP contribution in [0.3, 0.4) is 0 Å². The number of methoxy groups -OCH3 is 1. The molecule has 0 spiro atoms. The van der Waals surface area contributed by atoms with E-state index in [9.17, 15) is 0 Å². The highest BCUT2D eigenvalue weighted by molar-refractivity contribution is 5.55. The van der Waals surface area contributed by atoms with Crippen LogP contribution in [-0.4, -0.2) is 38.2 Å². The van der Waals surface area contributed by atoms with Gasteiger partial charge in [-0.1, -0.05) is 55.5 Å². The van der Waals surface area contributed by atoms with E-state index in [2.05, 4.69) is 71.3 Å². The fourth-order valence-electron chi connectivity index (χ4n) is 3.55. The highest BCUT2D eigenvalue weighted by Crippen LogP contribution is 2.31. The Bertz CT molecular complexity index is 617. The Hall–Kier alpha value is -1.84. The zero-order valence-corrected chi connectivity index (χ0v) is 14.8. The second-order valence-corrected chi connectivity index (χ2v) is 6.44. The maximum atomic E-state index is 5.68. The number of para-hydroxylation sites is 1. The molecule has 0 amide bonds. The largest absolute Gasteiger partial charge is 0.377 e. The van der Waals surface area contributed by atoms with Crippen molar-refractivity contribution in [3.8, 4) is 0 Å². The summed E-state index contributed by atoms with van der Waals surface area (Å²) in [4.78, 5) is 5.06. The van der Waals surface area contributed by atoms with E-state index in [1.165, 1.54) is 16.8 Å². The molecule has 3 nitrogen and oxygen atoms in total. The molecule has 1 fully saturated rings. The molecule has 0 aromatic heterocycles. The molecular weight excluding hydrogens is 296 g/mol. The van der Waals surface area contributed by atoms with Gasteiger partial charge in [0.2, 0.25) is 0 Å². The van der Waals surface area contributed by atoms with Gasteiger partial charge in [-0.05, 0) is 18.1 Å². The molecule has 3 rings (SSSR count). The minimum absolute atomic E-state index is 0.184. The minimum Gasteiger partial charge on any atom is -0.377 e. The summed E-state index contributed by atoms with van der Waals surface area (Å²) in [6.07, 6.45) is 1.19. The number of hydrogen-bond acceptors (Lipinski definition) is 3. The lowest BCUT2D eigenvalue weighted by Gasteiger charge is -2.37. The molecule has 0 radical (unpaired) electrons. The van der Waals surface area contributed by atoms with Crippen LogP contribution in [0.25, 0.3) is 0 Å². The van der Waals surface area contributed by atoms with Crippen molar-refractivity contribution < 1.29 is 4.74 Å². The summed E-state index contributed by atoms with van der Waals surface area (Å²) in [5.74, 6) is 0. The standard InChI is InChI=1S/C21H28N2O/c1-3-21(24-2)19-11-7-8-12-20(19)23-15-13-22(14-16-23)17-18-9-5-4-6-10-18/h4-12,21H,3,13-17H2,1-2H3. The Balaban J connectivity index is 1.65. The van der Waals surface area contributed by atoms with Gasteiger partial charge in [-0.15, -0.1) is 0 Å². The van der Waals surface area contributed by atoms with Crippen LogP contribution >= 0.6 is 0 Å². The van der Waals surface area contributed by atoms with E-state index in [1.54, 1.807) is 0 Å². The third-order valence-electron chi connectivity index (χ3n) is 4.90. The lowest BCUT2D eigenvalue weighted by atomic mass is 10.0. The molecule has 1 aliphatic rings. The Labute approximate surface area is 145 Å². The number of ether oxygens (including phenoxy) is 1. The van der Waals surface area contributed by atoms with Gasteiger partial charge in [0, 0.05) is 51.1 Å². The lowest BCUT2D eigenvalue weighted by molar-refractivity contribution is 0.100. The summed E-state index contributed by atoms with van der Waals surface area (Å²) in [6, 6.07) is 19.5. The molecule has 1 unspecified atom stereocenters. The quantitative estimate of drug-likeness (QED) is 0.795. The fourth-order valence-corrected chi connectivity index (χ4v) is 3.55. The number of nitrogens with zero attached hydrogens (tertiary/aromatic N) is 2. The maximum Gasteiger partial charge on any atom is 0.0838 e. The van der Waals surface area contributed by atoms with Crippen LogP contribution in [0.2, 0.25) is 0 Å². The van der Waals surface area contributed by atoms with Crippen molar-refractivity contribution in [1.29, 1.82) is 0 Å². The van der Waals surface area contributed by atoms with Crippen LogP contribution in [0.4, 0.5) is 5.69 Å². The first-order chi connectivity index (χ1) is 11.8. The summed E-state index contributed by atoms with van der Waals surface area (Å²) in [5.41, 5.74) is 4.06.